The molecule has 53 heavy (non-hydrogen) atoms. The highest BCUT2D eigenvalue weighted by Gasteiger charge is 2.37. The van der Waals surface area contributed by atoms with Crippen LogP contribution in [0.5, 0.6) is 0 Å². The molecule has 2 fully saturated rings. The number of benzene rings is 3. The molecule has 0 aliphatic carbocycles. The third-order valence-electron chi connectivity index (χ3n) is 11.1. The lowest BCUT2D eigenvalue weighted by molar-refractivity contribution is -0.142. The van der Waals surface area contributed by atoms with Crippen LogP contribution in [0.25, 0.3) is 0 Å². The van der Waals surface area contributed by atoms with Crippen molar-refractivity contribution in [2.24, 2.45) is 11.7 Å². The van der Waals surface area contributed by atoms with Crippen molar-refractivity contribution in [2.45, 2.75) is 82.5 Å². The quantitative estimate of drug-likeness (QED) is 0.211. The molecule has 1 atom stereocenters. The molecule has 3 aromatic rings. The van der Waals surface area contributed by atoms with E-state index in [-0.39, 0.29) is 53.2 Å². The first-order valence-electron chi connectivity index (χ1n) is 18.3. The number of nitrogen functional groups attached to an aromatic ring is 1. The minimum atomic E-state index is -4.74. The maximum atomic E-state index is 14.2. The van der Waals surface area contributed by atoms with Gasteiger partial charge >= 0.3 is 12.2 Å². The highest BCUT2D eigenvalue weighted by molar-refractivity contribution is 6.33. The van der Waals surface area contributed by atoms with Crippen molar-refractivity contribution in [1.82, 2.24) is 14.7 Å². The van der Waals surface area contributed by atoms with Gasteiger partial charge in [0.2, 0.25) is 11.8 Å². The molecule has 2 saturated heterocycles. The monoisotopic (exact) mass is 752 g/mol. The summed E-state index contributed by atoms with van der Waals surface area (Å²) in [6, 6.07) is 18.0. The van der Waals surface area contributed by atoms with Gasteiger partial charge in [-0.1, -0.05) is 54.1 Å². The molecule has 0 radical (unpaired) electrons. The number of amides is 4. The second kappa shape index (κ2) is 15.6. The first-order chi connectivity index (χ1) is 25.1. The summed E-state index contributed by atoms with van der Waals surface area (Å²) in [6.07, 6.45) is -1.70. The molecule has 0 saturated carbocycles. The average molecular weight is 753 g/mol. The van der Waals surface area contributed by atoms with Crippen molar-refractivity contribution < 1.29 is 27.6 Å². The summed E-state index contributed by atoms with van der Waals surface area (Å²) in [5.74, 6) is -1.18. The number of carbonyl (C=O) groups excluding carboxylic acids is 3. The summed E-state index contributed by atoms with van der Waals surface area (Å²) < 4.78 is 41.6. The maximum Gasteiger partial charge on any atom is 0.418 e. The van der Waals surface area contributed by atoms with Gasteiger partial charge in [0.1, 0.15) is 0 Å². The Balaban J connectivity index is 1.13. The van der Waals surface area contributed by atoms with Gasteiger partial charge in [0.15, 0.2) is 0 Å². The van der Waals surface area contributed by atoms with Gasteiger partial charge in [-0.25, -0.2) is 4.79 Å². The number of likely N-dealkylation sites (tertiary alicyclic amines) is 2. The molecular weight excluding hydrogens is 705 g/mol. The number of fused-ring (bicyclic) bond motifs is 1. The molecule has 5 N–H and O–H groups in total. The van der Waals surface area contributed by atoms with Crippen LogP contribution in [0.1, 0.15) is 79.7 Å². The zero-order valence-corrected chi connectivity index (χ0v) is 31.0. The third-order valence-corrected chi connectivity index (χ3v) is 11.4. The molecule has 0 aromatic heterocycles. The molecular formula is C40H48ClF3N6O3. The first-order valence-corrected chi connectivity index (χ1v) is 18.7. The van der Waals surface area contributed by atoms with E-state index < -0.39 is 28.9 Å². The molecule has 3 aliphatic heterocycles. The zero-order valence-electron chi connectivity index (χ0n) is 30.2. The molecule has 0 spiro atoms. The van der Waals surface area contributed by atoms with Crippen molar-refractivity contribution in [1.29, 1.82) is 0 Å². The van der Waals surface area contributed by atoms with Gasteiger partial charge in [0.25, 0.3) is 0 Å². The lowest BCUT2D eigenvalue weighted by Crippen LogP contribution is -2.50. The summed E-state index contributed by atoms with van der Waals surface area (Å²) in [5.41, 5.74) is 14.1. The predicted molar refractivity (Wildman–Crippen MR) is 200 cm³/mol. The van der Waals surface area contributed by atoms with Crippen LogP contribution in [0.3, 0.4) is 0 Å². The SMILES string of the molecule is CC(C)(N)c1ccc(C2CCN(C(=O)[C@H](CC(=O)N3CCC(N4CCc5ccccc5NC4=O)CC3)Cc3cc(Cl)c(N)c(C(F)(F)F)c3)CC2)cc1. The van der Waals surface area contributed by atoms with Gasteiger partial charge in [-0.05, 0) is 98.7 Å². The fourth-order valence-electron chi connectivity index (χ4n) is 7.94. The smallest absolute Gasteiger partial charge is 0.397 e. The van der Waals surface area contributed by atoms with Crippen LogP contribution in [-0.2, 0) is 34.1 Å². The van der Waals surface area contributed by atoms with E-state index in [2.05, 4.69) is 17.4 Å². The van der Waals surface area contributed by atoms with Crippen molar-refractivity contribution >= 4 is 40.8 Å². The summed E-state index contributed by atoms with van der Waals surface area (Å²) in [5, 5.41) is 2.76. The summed E-state index contributed by atoms with van der Waals surface area (Å²) in [6.45, 7) is 6.19. The fraction of sp³-hybridized carbons (Fsp3) is 0.475. The van der Waals surface area contributed by atoms with E-state index >= 15 is 0 Å². The zero-order chi connectivity index (χ0) is 38.1. The average Bonchev–Trinajstić information content (AvgIpc) is 3.29. The lowest BCUT2D eigenvalue weighted by atomic mass is 9.86. The number of nitrogens with zero attached hydrogens (tertiary/aromatic N) is 3. The van der Waals surface area contributed by atoms with Crippen LogP contribution < -0.4 is 16.8 Å². The van der Waals surface area contributed by atoms with Gasteiger partial charge < -0.3 is 31.5 Å². The number of nitrogens with one attached hydrogen (secondary N) is 1. The Morgan fingerprint density at radius 3 is 2.21 bits per heavy atom. The van der Waals surface area contributed by atoms with Crippen LogP contribution in [0.15, 0.2) is 60.7 Å². The lowest BCUT2D eigenvalue weighted by Gasteiger charge is -2.39. The predicted octanol–water partition coefficient (Wildman–Crippen LogP) is 7.17. The van der Waals surface area contributed by atoms with Crippen LogP contribution in [-0.4, -0.2) is 71.3 Å². The minimum Gasteiger partial charge on any atom is -0.397 e. The van der Waals surface area contributed by atoms with Gasteiger partial charge in [0.05, 0.1) is 22.2 Å². The van der Waals surface area contributed by atoms with Crippen LogP contribution in [0, 0.1) is 5.92 Å². The largest absolute Gasteiger partial charge is 0.418 e. The molecule has 0 unspecified atom stereocenters. The summed E-state index contributed by atoms with van der Waals surface area (Å²) in [7, 11) is 0. The number of carbonyl (C=O) groups is 3. The van der Waals surface area contributed by atoms with E-state index in [1.165, 1.54) is 11.6 Å². The Labute approximate surface area is 313 Å². The highest BCUT2D eigenvalue weighted by Crippen LogP contribution is 2.39. The van der Waals surface area contributed by atoms with E-state index in [1.807, 2.05) is 55.1 Å². The van der Waals surface area contributed by atoms with E-state index in [9.17, 15) is 27.6 Å². The molecule has 13 heteroatoms. The minimum absolute atomic E-state index is 0.0530. The van der Waals surface area contributed by atoms with E-state index in [0.29, 0.717) is 58.4 Å². The number of halogens is 4. The third kappa shape index (κ3) is 8.92. The number of nitrogens with two attached hydrogens (primary N) is 2. The van der Waals surface area contributed by atoms with Crippen molar-refractivity contribution in [3.8, 4) is 0 Å². The topological polar surface area (TPSA) is 125 Å². The molecule has 4 amide bonds. The summed E-state index contributed by atoms with van der Waals surface area (Å²) >= 11 is 6.16. The molecule has 284 valence electrons. The number of hydrogen-bond acceptors (Lipinski definition) is 5. The number of urea groups is 1. The maximum absolute atomic E-state index is 14.2. The van der Waals surface area contributed by atoms with Crippen LogP contribution in [0.2, 0.25) is 5.02 Å². The Morgan fingerprint density at radius 1 is 0.925 bits per heavy atom. The molecule has 0 bridgehead atoms. The van der Waals surface area contributed by atoms with Gasteiger partial charge in [0, 0.05) is 56.4 Å². The number of alkyl halides is 3. The van der Waals surface area contributed by atoms with Gasteiger partial charge in [-0.3, -0.25) is 9.59 Å². The second-order valence-electron chi connectivity index (χ2n) is 15.2. The molecule has 3 aromatic carbocycles. The number of anilines is 2. The van der Waals surface area contributed by atoms with E-state index in [4.69, 9.17) is 23.1 Å². The van der Waals surface area contributed by atoms with Crippen molar-refractivity contribution in [3.63, 3.8) is 0 Å². The van der Waals surface area contributed by atoms with Gasteiger partial charge in [-0.2, -0.15) is 13.2 Å². The fourth-order valence-corrected chi connectivity index (χ4v) is 8.18. The normalized spacial score (nSPS) is 18.3. The standard InChI is InChI=1S/C40H48ClF3N6O3/c1-39(2,46)30-9-7-26(8-10-30)27-11-16-49(17-12-27)37(52)29(21-25-22-32(40(42,43)44)36(45)33(41)23-25)24-35(51)48-18-14-31(15-19-48)50-20-13-28-5-3-4-6-34(28)47-38(50)53/h3-10,22-23,27,29,31H,11-21,24,45-46H2,1-2H3,(H,47,53)/t29-/m0/s1. The van der Waals surface area contributed by atoms with E-state index in [0.717, 1.165) is 29.3 Å². The Morgan fingerprint density at radius 2 is 1.57 bits per heavy atom. The van der Waals surface area contributed by atoms with Crippen molar-refractivity contribution in [2.75, 3.05) is 43.8 Å². The Bertz CT molecular complexity index is 1810. The number of para-hydroxylation sites is 1. The van der Waals surface area contributed by atoms with E-state index in [1.54, 1.807) is 9.80 Å². The van der Waals surface area contributed by atoms with Crippen LogP contribution >= 0.6 is 11.6 Å². The molecule has 9 nitrogen and oxygen atoms in total. The second-order valence-corrected chi connectivity index (χ2v) is 15.6. The highest BCUT2D eigenvalue weighted by atomic mass is 35.5. The Kier molecular flexibility index (Phi) is 11.3. The summed E-state index contributed by atoms with van der Waals surface area (Å²) in [4.78, 5) is 46.4. The Hall–Kier alpha value is -4.29. The van der Waals surface area contributed by atoms with Crippen LogP contribution in [0.4, 0.5) is 29.3 Å². The van der Waals surface area contributed by atoms with Crippen molar-refractivity contribution in [3.05, 3.63) is 93.5 Å². The number of rotatable bonds is 8. The molecule has 3 heterocycles. The number of hydrogen-bond donors (Lipinski definition) is 3. The molecule has 3 aliphatic rings. The van der Waals surface area contributed by atoms with Gasteiger partial charge in [-0.15, -0.1) is 0 Å². The first kappa shape index (κ1) is 38.4. The number of piperidine rings is 2. The molecule has 6 rings (SSSR count).